The quantitative estimate of drug-likeness (QED) is 0.520. The molecule has 1 aliphatic carbocycles. The van der Waals surface area contributed by atoms with E-state index in [1.807, 2.05) is 6.07 Å². The van der Waals surface area contributed by atoms with Crippen molar-refractivity contribution in [1.82, 2.24) is 19.7 Å². The van der Waals surface area contributed by atoms with Crippen LogP contribution in [0, 0.1) is 6.92 Å². The first kappa shape index (κ1) is 19.8. The Balaban J connectivity index is 1.45. The summed E-state index contributed by atoms with van der Waals surface area (Å²) < 4.78 is 2.33. The second-order valence-corrected chi connectivity index (χ2v) is 9.23. The highest BCUT2D eigenvalue weighted by molar-refractivity contribution is 6.30. The summed E-state index contributed by atoms with van der Waals surface area (Å²) in [6, 6.07) is 15.1. The topological polar surface area (TPSA) is 34.0 Å². The van der Waals surface area contributed by atoms with Gasteiger partial charge in [0.05, 0.1) is 12.2 Å². The lowest BCUT2D eigenvalue weighted by atomic mass is 9.77. The summed E-state index contributed by atoms with van der Waals surface area (Å²) in [5.41, 5.74) is 5.40. The van der Waals surface area contributed by atoms with E-state index < -0.39 is 0 Å². The SMILES string of the molecule is CCN1Cc2cc(Cl)ccc2-n2c(nnc2C2CCC(c3ccccc3C)CC2)C1. The first-order valence-electron chi connectivity index (χ1n) is 11.1. The third kappa shape index (κ3) is 3.57. The zero-order valence-corrected chi connectivity index (χ0v) is 18.6. The van der Waals surface area contributed by atoms with Crippen molar-refractivity contribution in [2.24, 2.45) is 0 Å². The Morgan fingerprint density at radius 3 is 2.50 bits per heavy atom. The fraction of sp³-hybridized carbons (Fsp3) is 0.440. The van der Waals surface area contributed by atoms with E-state index in [2.05, 4.69) is 64.8 Å². The van der Waals surface area contributed by atoms with E-state index in [1.54, 1.807) is 0 Å². The number of fused-ring (bicyclic) bond motifs is 3. The summed E-state index contributed by atoms with van der Waals surface area (Å²) in [5, 5.41) is 10.2. The lowest BCUT2D eigenvalue weighted by Crippen LogP contribution is -2.21. The third-order valence-electron chi connectivity index (χ3n) is 6.96. The van der Waals surface area contributed by atoms with Gasteiger partial charge in [-0.3, -0.25) is 9.47 Å². The highest BCUT2D eigenvalue weighted by Crippen LogP contribution is 2.42. The van der Waals surface area contributed by atoms with Gasteiger partial charge in [-0.25, -0.2) is 0 Å². The Bertz CT molecular complexity index is 1050. The molecular weight excluding hydrogens is 392 g/mol. The molecule has 0 N–H and O–H groups in total. The van der Waals surface area contributed by atoms with Crippen LogP contribution in [0.25, 0.3) is 5.69 Å². The van der Waals surface area contributed by atoms with Gasteiger partial charge in [-0.15, -0.1) is 10.2 Å². The van der Waals surface area contributed by atoms with E-state index in [-0.39, 0.29) is 0 Å². The molecule has 1 aliphatic heterocycles. The van der Waals surface area contributed by atoms with Gasteiger partial charge in [0.15, 0.2) is 5.82 Å². The van der Waals surface area contributed by atoms with Gasteiger partial charge in [-0.2, -0.15) is 0 Å². The summed E-state index contributed by atoms with van der Waals surface area (Å²) in [6.45, 7) is 7.14. The highest BCUT2D eigenvalue weighted by atomic mass is 35.5. The second-order valence-electron chi connectivity index (χ2n) is 8.79. The molecule has 0 saturated heterocycles. The Labute approximate surface area is 183 Å². The normalized spacial score (nSPS) is 21.7. The van der Waals surface area contributed by atoms with Crippen molar-refractivity contribution in [3.8, 4) is 5.69 Å². The van der Waals surface area contributed by atoms with Crippen molar-refractivity contribution in [3.05, 3.63) is 75.8 Å². The molecule has 0 amide bonds. The number of halogens is 1. The number of hydrogen-bond donors (Lipinski definition) is 0. The summed E-state index contributed by atoms with van der Waals surface area (Å²) >= 11 is 6.34. The van der Waals surface area contributed by atoms with E-state index in [0.717, 1.165) is 49.1 Å². The van der Waals surface area contributed by atoms with Crippen LogP contribution in [-0.2, 0) is 13.1 Å². The van der Waals surface area contributed by atoms with Crippen LogP contribution in [0.5, 0.6) is 0 Å². The molecule has 30 heavy (non-hydrogen) atoms. The van der Waals surface area contributed by atoms with Gasteiger partial charge in [0, 0.05) is 17.5 Å². The van der Waals surface area contributed by atoms with Crippen LogP contribution >= 0.6 is 11.6 Å². The highest BCUT2D eigenvalue weighted by Gasteiger charge is 2.31. The smallest absolute Gasteiger partial charge is 0.151 e. The average molecular weight is 421 g/mol. The predicted octanol–water partition coefficient (Wildman–Crippen LogP) is 6.01. The Kier molecular flexibility index (Phi) is 5.38. The van der Waals surface area contributed by atoms with E-state index in [1.165, 1.54) is 35.2 Å². The molecule has 3 aromatic rings. The van der Waals surface area contributed by atoms with E-state index in [0.29, 0.717) is 11.8 Å². The molecule has 5 heteroatoms. The maximum Gasteiger partial charge on any atom is 0.151 e. The van der Waals surface area contributed by atoms with E-state index in [4.69, 9.17) is 16.7 Å². The molecule has 1 saturated carbocycles. The maximum absolute atomic E-state index is 6.34. The molecule has 156 valence electrons. The van der Waals surface area contributed by atoms with Crippen LogP contribution in [0.15, 0.2) is 42.5 Å². The fourth-order valence-corrected chi connectivity index (χ4v) is 5.48. The van der Waals surface area contributed by atoms with Crippen LogP contribution in [0.2, 0.25) is 5.02 Å². The number of aromatic nitrogens is 3. The first-order valence-corrected chi connectivity index (χ1v) is 11.5. The number of aryl methyl sites for hydroxylation is 1. The molecule has 0 atom stereocenters. The molecule has 2 heterocycles. The Morgan fingerprint density at radius 2 is 1.73 bits per heavy atom. The minimum absolute atomic E-state index is 0.461. The van der Waals surface area contributed by atoms with Crippen molar-refractivity contribution in [1.29, 1.82) is 0 Å². The van der Waals surface area contributed by atoms with Gasteiger partial charge >= 0.3 is 0 Å². The Hall–Kier alpha value is -2.17. The van der Waals surface area contributed by atoms with Gasteiger partial charge in [-0.05, 0) is 80.0 Å². The van der Waals surface area contributed by atoms with Gasteiger partial charge in [0.1, 0.15) is 5.82 Å². The molecule has 0 spiro atoms. The molecule has 5 rings (SSSR count). The molecular formula is C25H29ClN4. The minimum atomic E-state index is 0.461. The largest absolute Gasteiger partial charge is 0.292 e. The van der Waals surface area contributed by atoms with Crippen molar-refractivity contribution in [3.63, 3.8) is 0 Å². The number of rotatable bonds is 3. The number of hydrogen-bond acceptors (Lipinski definition) is 3. The van der Waals surface area contributed by atoms with E-state index >= 15 is 0 Å². The lowest BCUT2D eigenvalue weighted by Gasteiger charge is -2.29. The molecule has 4 nitrogen and oxygen atoms in total. The summed E-state index contributed by atoms with van der Waals surface area (Å²) in [6.07, 6.45) is 4.76. The maximum atomic E-state index is 6.34. The standard InChI is InChI=1S/C25H29ClN4/c1-3-29-15-20-14-21(26)12-13-23(20)30-24(16-29)27-28-25(30)19-10-8-18(9-11-19)22-7-5-4-6-17(22)2/h4-7,12-14,18-19H,3,8-11,15-16H2,1-2H3. The van der Waals surface area contributed by atoms with Crippen LogP contribution in [0.4, 0.5) is 0 Å². The molecule has 2 aliphatic rings. The number of nitrogens with zero attached hydrogens (tertiary/aromatic N) is 4. The average Bonchev–Trinajstić information content (AvgIpc) is 3.10. The van der Waals surface area contributed by atoms with Crippen LogP contribution < -0.4 is 0 Å². The first-order chi connectivity index (χ1) is 14.6. The summed E-state index contributed by atoms with van der Waals surface area (Å²) in [4.78, 5) is 2.40. The predicted molar refractivity (Wildman–Crippen MR) is 121 cm³/mol. The zero-order chi connectivity index (χ0) is 20.7. The third-order valence-corrected chi connectivity index (χ3v) is 7.20. The van der Waals surface area contributed by atoms with Gasteiger partial charge < -0.3 is 0 Å². The molecule has 1 fully saturated rings. The van der Waals surface area contributed by atoms with Crippen molar-refractivity contribution >= 4 is 11.6 Å². The van der Waals surface area contributed by atoms with Gasteiger partial charge in [0.25, 0.3) is 0 Å². The lowest BCUT2D eigenvalue weighted by molar-refractivity contribution is 0.268. The molecule has 2 aromatic carbocycles. The molecule has 0 bridgehead atoms. The van der Waals surface area contributed by atoms with Crippen molar-refractivity contribution < 1.29 is 0 Å². The summed E-state index contributed by atoms with van der Waals surface area (Å²) in [7, 11) is 0. The van der Waals surface area contributed by atoms with Gasteiger partial charge in [0.2, 0.25) is 0 Å². The monoisotopic (exact) mass is 420 g/mol. The zero-order valence-electron chi connectivity index (χ0n) is 17.8. The van der Waals surface area contributed by atoms with Gasteiger partial charge in [-0.1, -0.05) is 42.8 Å². The van der Waals surface area contributed by atoms with Crippen LogP contribution in [0.3, 0.4) is 0 Å². The van der Waals surface area contributed by atoms with Crippen LogP contribution in [0.1, 0.15) is 72.8 Å². The van der Waals surface area contributed by atoms with Crippen molar-refractivity contribution in [2.45, 2.75) is 64.5 Å². The van der Waals surface area contributed by atoms with Crippen molar-refractivity contribution in [2.75, 3.05) is 6.54 Å². The summed E-state index contributed by atoms with van der Waals surface area (Å²) in [5.74, 6) is 3.31. The molecule has 0 radical (unpaired) electrons. The fourth-order valence-electron chi connectivity index (χ4n) is 5.29. The van der Waals surface area contributed by atoms with E-state index in [9.17, 15) is 0 Å². The molecule has 0 unspecified atom stereocenters. The Morgan fingerprint density at radius 1 is 0.967 bits per heavy atom. The second kappa shape index (κ2) is 8.16. The van der Waals surface area contributed by atoms with Crippen LogP contribution in [-0.4, -0.2) is 26.2 Å². The minimum Gasteiger partial charge on any atom is -0.292 e. The molecule has 1 aromatic heterocycles. The number of benzene rings is 2.